The van der Waals surface area contributed by atoms with E-state index in [1.165, 1.54) is 37.8 Å². The van der Waals surface area contributed by atoms with E-state index >= 15 is 0 Å². The normalized spacial score (nSPS) is 15.3. The van der Waals surface area contributed by atoms with Crippen molar-refractivity contribution in [2.75, 3.05) is 0 Å². The van der Waals surface area contributed by atoms with E-state index in [1.807, 2.05) is 0 Å². The standard InChI is InChI=1S/C39H40Si3/c1-40(2,3)38-36(31-21-11-6-12-22-31)37(32-23-13-7-14-24-32)39(41(38,4)5)42(33-25-15-8-16-26-33,34-27-17-9-18-28-34)35-29-19-10-20-30-35/h6-30H,1-5H3. The average molecular weight is 593 g/mol. The van der Waals surface area contributed by atoms with E-state index in [0.717, 1.165) is 0 Å². The first-order valence-electron chi connectivity index (χ1n) is 15.1. The van der Waals surface area contributed by atoms with Crippen molar-refractivity contribution in [3.05, 3.63) is 172 Å². The Balaban J connectivity index is 1.89. The summed E-state index contributed by atoms with van der Waals surface area (Å²) in [5.74, 6) is 0. The van der Waals surface area contributed by atoms with Gasteiger partial charge in [-0.15, -0.1) is 0 Å². The van der Waals surface area contributed by atoms with Gasteiger partial charge in [0.25, 0.3) is 0 Å². The Morgan fingerprint density at radius 1 is 0.381 bits per heavy atom. The Morgan fingerprint density at radius 3 is 0.976 bits per heavy atom. The molecule has 0 N–H and O–H groups in total. The van der Waals surface area contributed by atoms with Crippen LogP contribution in [0.4, 0.5) is 0 Å². The fourth-order valence-electron chi connectivity index (χ4n) is 7.75. The summed E-state index contributed by atoms with van der Waals surface area (Å²) in [6.45, 7) is 13.1. The van der Waals surface area contributed by atoms with Crippen LogP contribution in [0.3, 0.4) is 0 Å². The van der Waals surface area contributed by atoms with Crippen LogP contribution >= 0.6 is 0 Å². The van der Waals surface area contributed by atoms with E-state index in [0.29, 0.717) is 0 Å². The van der Waals surface area contributed by atoms with Gasteiger partial charge in [-0.2, -0.15) is 0 Å². The van der Waals surface area contributed by atoms with Crippen molar-refractivity contribution in [3.8, 4) is 0 Å². The van der Waals surface area contributed by atoms with Crippen molar-refractivity contribution in [1.82, 2.24) is 0 Å². The number of benzene rings is 5. The van der Waals surface area contributed by atoms with E-state index in [9.17, 15) is 0 Å². The molecule has 5 aromatic carbocycles. The zero-order valence-corrected chi connectivity index (χ0v) is 28.4. The molecule has 0 bridgehead atoms. The fourth-order valence-corrected chi connectivity index (χ4v) is 29.1. The number of hydrogen-bond acceptors (Lipinski definition) is 0. The van der Waals surface area contributed by atoms with Gasteiger partial charge >= 0.3 is 0 Å². The maximum Gasteiger partial charge on any atom is 0.172 e. The summed E-state index contributed by atoms with van der Waals surface area (Å²) in [4.78, 5) is 3.52. The van der Waals surface area contributed by atoms with Crippen LogP contribution in [0, 0.1) is 0 Å². The van der Waals surface area contributed by atoms with Crippen LogP contribution in [-0.2, 0) is 0 Å². The third-order valence-electron chi connectivity index (χ3n) is 8.87. The van der Waals surface area contributed by atoms with Crippen molar-refractivity contribution in [2.24, 2.45) is 0 Å². The summed E-state index contributed by atoms with van der Waals surface area (Å²) in [6.07, 6.45) is 0. The minimum absolute atomic E-state index is 1.35. The van der Waals surface area contributed by atoms with Gasteiger partial charge in [-0.3, -0.25) is 0 Å². The van der Waals surface area contributed by atoms with Gasteiger partial charge in [0, 0.05) is 0 Å². The maximum absolute atomic E-state index is 2.75. The smallest absolute Gasteiger partial charge is 0.0789 e. The molecule has 0 aliphatic carbocycles. The first kappa shape index (κ1) is 28.4. The molecule has 0 saturated carbocycles. The van der Waals surface area contributed by atoms with Gasteiger partial charge in [0.15, 0.2) is 8.07 Å². The molecule has 42 heavy (non-hydrogen) atoms. The van der Waals surface area contributed by atoms with Crippen molar-refractivity contribution >= 4 is 50.9 Å². The minimum Gasteiger partial charge on any atom is -0.0789 e. The molecule has 0 amide bonds. The predicted octanol–water partition coefficient (Wildman–Crippen LogP) is 8.28. The van der Waals surface area contributed by atoms with Crippen molar-refractivity contribution in [1.29, 1.82) is 0 Å². The number of allylic oxidation sites excluding steroid dienone is 2. The van der Waals surface area contributed by atoms with Gasteiger partial charge in [0.05, 0.1) is 16.1 Å². The van der Waals surface area contributed by atoms with Gasteiger partial charge in [0.2, 0.25) is 0 Å². The molecule has 208 valence electrons. The second kappa shape index (κ2) is 11.1. The minimum atomic E-state index is -2.75. The summed E-state index contributed by atoms with van der Waals surface area (Å²) >= 11 is 0. The molecule has 0 atom stereocenters. The predicted molar refractivity (Wildman–Crippen MR) is 192 cm³/mol. The highest BCUT2D eigenvalue weighted by Gasteiger charge is 2.57. The second-order valence-electron chi connectivity index (χ2n) is 13.0. The molecule has 0 nitrogen and oxygen atoms in total. The van der Waals surface area contributed by atoms with Crippen LogP contribution in [0.1, 0.15) is 11.1 Å². The maximum atomic E-state index is 2.67. The third-order valence-corrected chi connectivity index (χ3v) is 25.3. The lowest BCUT2D eigenvalue weighted by Crippen LogP contribution is -2.72. The lowest BCUT2D eigenvalue weighted by molar-refractivity contribution is 1.58. The van der Waals surface area contributed by atoms with Crippen molar-refractivity contribution in [3.63, 3.8) is 0 Å². The zero-order chi connectivity index (χ0) is 29.4. The Bertz CT molecular complexity index is 1630. The van der Waals surface area contributed by atoms with Crippen LogP contribution in [0.25, 0.3) is 11.1 Å². The van der Waals surface area contributed by atoms with Crippen molar-refractivity contribution in [2.45, 2.75) is 32.7 Å². The van der Waals surface area contributed by atoms with E-state index in [1.54, 1.807) is 9.64 Å². The Labute approximate surface area is 255 Å². The summed E-state index contributed by atoms with van der Waals surface area (Å²) in [5.41, 5.74) is 5.73. The summed E-state index contributed by atoms with van der Waals surface area (Å²) < 4.78 is 0. The van der Waals surface area contributed by atoms with Crippen LogP contribution in [0.2, 0.25) is 32.7 Å². The molecule has 1 heterocycles. The molecule has 0 radical (unpaired) electrons. The average Bonchev–Trinajstić information content (AvgIpc) is 3.28. The molecule has 0 saturated heterocycles. The molecule has 0 fully saturated rings. The highest BCUT2D eigenvalue weighted by Crippen LogP contribution is 2.53. The molecule has 3 heteroatoms. The Morgan fingerprint density at radius 2 is 0.667 bits per heavy atom. The summed E-state index contributed by atoms with van der Waals surface area (Å²) in [6, 6.07) is 57.1. The van der Waals surface area contributed by atoms with Gasteiger partial charge in [-0.1, -0.05) is 194 Å². The molecule has 1 aliphatic heterocycles. The fraction of sp³-hybridized carbons (Fsp3) is 0.128. The van der Waals surface area contributed by atoms with Crippen molar-refractivity contribution < 1.29 is 0 Å². The quantitative estimate of drug-likeness (QED) is 0.132. The molecule has 5 aromatic rings. The largest absolute Gasteiger partial charge is 0.172 e. The van der Waals surface area contributed by atoms with Crippen LogP contribution in [0.5, 0.6) is 0 Å². The van der Waals surface area contributed by atoms with Gasteiger partial charge in [-0.05, 0) is 37.8 Å². The molecular formula is C39H40Si3. The van der Waals surface area contributed by atoms with E-state index in [4.69, 9.17) is 0 Å². The highest BCUT2D eigenvalue weighted by molar-refractivity contribution is 7.30. The molecule has 0 aromatic heterocycles. The zero-order valence-electron chi connectivity index (χ0n) is 25.4. The van der Waals surface area contributed by atoms with E-state index < -0.39 is 24.2 Å². The molecule has 0 unspecified atom stereocenters. The topological polar surface area (TPSA) is 0 Å². The first-order chi connectivity index (χ1) is 20.3. The summed E-state index contributed by atoms with van der Waals surface area (Å²) in [5, 5.41) is 4.40. The van der Waals surface area contributed by atoms with Crippen LogP contribution < -0.4 is 15.6 Å². The SMILES string of the molecule is C[Si](C)(C)C1=C(c2ccccc2)C(c2ccccc2)=C([Si](c2ccccc2)(c2ccccc2)c2ccccc2)[Si]1(C)C. The van der Waals surface area contributed by atoms with Crippen LogP contribution in [0.15, 0.2) is 161 Å². The third kappa shape index (κ3) is 4.66. The lowest BCUT2D eigenvalue weighted by Gasteiger charge is -2.44. The Kier molecular flexibility index (Phi) is 7.52. The molecule has 6 rings (SSSR count). The highest BCUT2D eigenvalue weighted by atomic mass is 28.4. The molecule has 1 aliphatic rings. The Hall–Kier alpha value is -3.77. The molecule has 0 spiro atoms. The second-order valence-corrected chi connectivity index (χ2v) is 26.9. The lowest BCUT2D eigenvalue weighted by atomic mass is 9.95. The van der Waals surface area contributed by atoms with E-state index in [-0.39, 0.29) is 0 Å². The van der Waals surface area contributed by atoms with Gasteiger partial charge < -0.3 is 0 Å². The van der Waals surface area contributed by atoms with Gasteiger partial charge in [-0.25, -0.2) is 0 Å². The summed E-state index contributed by atoms with van der Waals surface area (Å²) in [7, 11) is -6.75. The monoisotopic (exact) mass is 592 g/mol. The first-order valence-corrected chi connectivity index (χ1v) is 23.6. The van der Waals surface area contributed by atoms with E-state index in [2.05, 4.69) is 184 Å². The molecular weight excluding hydrogens is 553 g/mol. The van der Waals surface area contributed by atoms with Gasteiger partial charge in [0.1, 0.15) is 0 Å². The number of hydrogen-bond donors (Lipinski definition) is 0. The number of rotatable bonds is 7. The van der Waals surface area contributed by atoms with Crippen LogP contribution in [-0.4, -0.2) is 24.2 Å².